The molecule has 0 spiro atoms. The Morgan fingerprint density at radius 3 is 2.81 bits per heavy atom. The van der Waals surface area contributed by atoms with E-state index in [0.29, 0.717) is 30.2 Å². The van der Waals surface area contributed by atoms with Crippen molar-refractivity contribution in [2.45, 2.75) is 12.5 Å². The van der Waals surface area contributed by atoms with E-state index in [1.807, 2.05) is 0 Å². The van der Waals surface area contributed by atoms with E-state index >= 15 is 0 Å². The fraction of sp³-hybridized carbons (Fsp3) is 0.294. The van der Waals surface area contributed by atoms with Crippen LogP contribution in [-0.4, -0.2) is 38.2 Å². The van der Waals surface area contributed by atoms with Gasteiger partial charge in [-0.15, -0.1) is 11.3 Å². The Balaban J connectivity index is 2.09. The second kappa shape index (κ2) is 8.20. The molecular weight excluding hydrogens is 496 g/mol. The molecule has 5 nitrogen and oxygen atoms in total. The molecular formula is C17H14ClFINO4S. The molecule has 26 heavy (non-hydrogen) atoms. The molecule has 1 amide bonds. The summed E-state index contributed by atoms with van der Waals surface area (Å²) >= 11 is 9.08. The summed E-state index contributed by atoms with van der Waals surface area (Å²) in [7, 11) is 1.28. The van der Waals surface area contributed by atoms with Gasteiger partial charge in [0.25, 0.3) is 5.91 Å². The number of hydrogen-bond donors (Lipinski definition) is 0. The van der Waals surface area contributed by atoms with Gasteiger partial charge < -0.3 is 14.4 Å². The van der Waals surface area contributed by atoms with Gasteiger partial charge in [-0.25, -0.2) is 9.18 Å². The number of esters is 1. The molecule has 1 atom stereocenters. The smallest absolute Gasteiger partial charge is 0.350 e. The minimum absolute atomic E-state index is 0.113. The average molecular weight is 510 g/mol. The predicted octanol–water partition coefficient (Wildman–Crippen LogP) is 4.37. The van der Waals surface area contributed by atoms with Gasteiger partial charge in [-0.2, -0.15) is 0 Å². The molecule has 3 rings (SSSR count). The number of nitrogens with zero attached hydrogens (tertiary/aromatic N) is 1. The molecule has 0 aliphatic carbocycles. The van der Waals surface area contributed by atoms with E-state index in [0.717, 1.165) is 8.95 Å². The van der Waals surface area contributed by atoms with Crippen molar-refractivity contribution >= 4 is 63.1 Å². The summed E-state index contributed by atoms with van der Waals surface area (Å²) in [6.07, 6.45) is 0.591. The summed E-state index contributed by atoms with van der Waals surface area (Å²) in [5, 5.41) is 0.204. The third-order valence-electron chi connectivity index (χ3n) is 3.96. The highest BCUT2D eigenvalue weighted by Gasteiger charge is 2.34. The van der Waals surface area contributed by atoms with Crippen LogP contribution in [0.5, 0.6) is 0 Å². The second-order valence-corrected chi connectivity index (χ2v) is 8.96. The number of hydrogen-bond acceptors (Lipinski definition) is 5. The van der Waals surface area contributed by atoms with Crippen LogP contribution in [0.4, 0.5) is 10.1 Å². The lowest BCUT2D eigenvalue weighted by molar-refractivity contribution is 0.0607. The number of benzene rings is 1. The molecule has 1 aromatic carbocycles. The third kappa shape index (κ3) is 3.88. The van der Waals surface area contributed by atoms with Crippen LogP contribution in [0.15, 0.2) is 24.3 Å². The van der Waals surface area contributed by atoms with E-state index in [1.165, 1.54) is 35.5 Å². The lowest BCUT2D eigenvalue weighted by Gasteiger charge is -2.28. The first-order valence-electron chi connectivity index (χ1n) is 7.66. The van der Waals surface area contributed by atoms with Crippen molar-refractivity contribution in [3.05, 3.63) is 48.4 Å². The Kier molecular flexibility index (Phi) is 6.16. The van der Waals surface area contributed by atoms with Gasteiger partial charge in [0.2, 0.25) is 0 Å². The molecule has 1 unspecified atom stereocenters. The summed E-state index contributed by atoms with van der Waals surface area (Å²) < 4.78 is 25.4. The quantitative estimate of drug-likeness (QED) is 0.454. The van der Waals surface area contributed by atoms with E-state index in [9.17, 15) is 14.0 Å². The molecule has 1 aliphatic rings. The molecule has 1 fully saturated rings. The Morgan fingerprint density at radius 1 is 1.42 bits per heavy atom. The van der Waals surface area contributed by atoms with Gasteiger partial charge in [-0.1, -0.05) is 11.6 Å². The SMILES string of the molecule is COC(=O)c1sc(I)cc1N(C(=O)c1ccc(Cl)cc1F)C1CCOC1. The monoisotopic (exact) mass is 509 g/mol. The van der Waals surface area contributed by atoms with Gasteiger partial charge in [0.05, 0.1) is 33.9 Å². The Bertz CT molecular complexity index is 853. The summed E-state index contributed by atoms with van der Waals surface area (Å²) in [6, 6.07) is 5.32. The van der Waals surface area contributed by atoms with Crippen molar-refractivity contribution in [2.75, 3.05) is 25.2 Å². The lowest BCUT2D eigenvalue weighted by atomic mass is 10.1. The van der Waals surface area contributed by atoms with Crippen LogP contribution in [0.2, 0.25) is 5.02 Å². The standard InChI is InChI=1S/C17H14ClFINO4S/c1-24-17(23)15-13(7-14(20)26-15)21(10-4-5-25-8-10)16(22)11-3-2-9(18)6-12(11)19/h2-3,6-7,10H,4-5,8H2,1H3. The van der Waals surface area contributed by atoms with E-state index in [1.54, 1.807) is 6.07 Å². The normalized spacial score (nSPS) is 16.5. The van der Waals surface area contributed by atoms with Crippen molar-refractivity contribution in [1.82, 2.24) is 0 Å². The summed E-state index contributed by atoms with van der Waals surface area (Å²) in [4.78, 5) is 27.1. The zero-order chi connectivity index (χ0) is 18.8. The van der Waals surface area contributed by atoms with Gasteiger partial charge in [0.1, 0.15) is 10.7 Å². The average Bonchev–Trinajstić information content (AvgIpc) is 3.24. The van der Waals surface area contributed by atoms with Crippen LogP contribution in [0.25, 0.3) is 0 Å². The maximum Gasteiger partial charge on any atom is 0.350 e. The maximum absolute atomic E-state index is 14.3. The zero-order valence-corrected chi connectivity index (χ0v) is 17.4. The molecule has 0 N–H and O–H groups in total. The molecule has 1 aliphatic heterocycles. The largest absolute Gasteiger partial charge is 0.465 e. The second-order valence-electron chi connectivity index (χ2n) is 5.57. The zero-order valence-electron chi connectivity index (χ0n) is 13.6. The molecule has 0 radical (unpaired) electrons. The van der Waals surface area contributed by atoms with Crippen molar-refractivity contribution in [1.29, 1.82) is 0 Å². The van der Waals surface area contributed by atoms with Crippen LogP contribution in [-0.2, 0) is 9.47 Å². The molecule has 9 heteroatoms. The molecule has 2 aromatic rings. The van der Waals surface area contributed by atoms with E-state index in [4.69, 9.17) is 21.1 Å². The Hall–Kier alpha value is -1.23. The highest BCUT2D eigenvalue weighted by Crippen LogP contribution is 2.36. The number of halogens is 3. The van der Waals surface area contributed by atoms with Gasteiger partial charge >= 0.3 is 5.97 Å². The first kappa shape index (κ1) is 19.5. The number of carbonyl (C=O) groups excluding carboxylic acids is 2. The topological polar surface area (TPSA) is 55.8 Å². The van der Waals surface area contributed by atoms with Crippen LogP contribution in [0.1, 0.15) is 26.5 Å². The third-order valence-corrected chi connectivity index (χ3v) is 6.06. The van der Waals surface area contributed by atoms with Crippen LogP contribution in [0, 0.1) is 8.70 Å². The van der Waals surface area contributed by atoms with E-state index < -0.39 is 17.7 Å². The number of amides is 1. The van der Waals surface area contributed by atoms with E-state index in [2.05, 4.69) is 22.6 Å². The number of anilines is 1. The van der Waals surface area contributed by atoms with Gasteiger partial charge in [-0.3, -0.25) is 4.79 Å². The first-order valence-corrected chi connectivity index (χ1v) is 9.93. The van der Waals surface area contributed by atoms with Crippen molar-refractivity contribution in [3.63, 3.8) is 0 Å². The molecule has 2 heterocycles. The fourth-order valence-corrected chi connectivity index (χ4v) is 4.67. The van der Waals surface area contributed by atoms with Crippen molar-refractivity contribution < 1.29 is 23.5 Å². The molecule has 1 aromatic heterocycles. The summed E-state index contributed by atoms with van der Waals surface area (Å²) in [5.41, 5.74) is 0.291. The molecule has 1 saturated heterocycles. The minimum atomic E-state index is -0.712. The summed E-state index contributed by atoms with van der Waals surface area (Å²) in [6.45, 7) is 0.806. The Morgan fingerprint density at radius 2 is 2.19 bits per heavy atom. The number of ether oxygens (including phenoxy) is 2. The van der Waals surface area contributed by atoms with Crippen LogP contribution < -0.4 is 4.90 Å². The van der Waals surface area contributed by atoms with Crippen molar-refractivity contribution in [3.8, 4) is 0 Å². The number of carbonyl (C=O) groups is 2. The lowest BCUT2D eigenvalue weighted by Crippen LogP contribution is -2.42. The highest BCUT2D eigenvalue weighted by molar-refractivity contribution is 14.1. The first-order chi connectivity index (χ1) is 12.4. The Labute approximate surface area is 172 Å². The van der Waals surface area contributed by atoms with Gasteiger partial charge in [0.15, 0.2) is 0 Å². The maximum atomic E-state index is 14.3. The van der Waals surface area contributed by atoms with Crippen LogP contribution in [0.3, 0.4) is 0 Å². The van der Waals surface area contributed by atoms with Gasteiger partial charge in [0, 0.05) is 11.6 Å². The van der Waals surface area contributed by atoms with Crippen molar-refractivity contribution in [2.24, 2.45) is 0 Å². The minimum Gasteiger partial charge on any atom is -0.465 e. The molecule has 0 bridgehead atoms. The van der Waals surface area contributed by atoms with E-state index in [-0.39, 0.29) is 16.6 Å². The highest BCUT2D eigenvalue weighted by atomic mass is 127. The predicted molar refractivity (Wildman–Crippen MR) is 106 cm³/mol. The number of methoxy groups -OCH3 is 1. The number of rotatable bonds is 4. The van der Waals surface area contributed by atoms with Gasteiger partial charge in [-0.05, 0) is 53.3 Å². The summed E-state index contributed by atoms with van der Waals surface area (Å²) in [5.74, 6) is -1.80. The molecule has 0 saturated carbocycles. The molecule has 138 valence electrons. The van der Waals surface area contributed by atoms with Crippen LogP contribution >= 0.6 is 45.5 Å². The number of thiophene rings is 1. The fourth-order valence-electron chi connectivity index (χ4n) is 2.76.